The highest BCUT2D eigenvalue weighted by Gasteiger charge is 2.37. The van der Waals surface area contributed by atoms with E-state index in [0.29, 0.717) is 0 Å². The molecule has 2 aliphatic rings. The van der Waals surface area contributed by atoms with Crippen LogP contribution in [0.2, 0.25) is 0 Å². The zero-order chi connectivity index (χ0) is 13.8. The van der Waals surface area contributed by atoms with Gasteiger partial charge in [0.1, 0.15) is 0 Å². The van der Waals surface area contributed by atoms with Gasteiger partial charge in [0.25, 0.3) is 0 Å². The summed E-state index contributed by atoms with van der Waals surface area (Å²) in [4.78, 5) is 7.23. The Morgan fingerprint density at radius 1 is 1.35 bits per heavy atom. The minimum Gasteiger partial charge on any atom is -0.314 e. The Bertz CT molecular complexity index is 378. The fourth-order valence-electron chi connectivity index (χ4n) is 3.96. The van der Waals surface area contributed by atoms with E-state index in [1.807, 2.05) is 6.20 Å². The van der Waals surface area contributed by atoms with Crippen LogP contribution in [0.5, 0.6) is 0 Å². The molecule has 2 saturated heterocycles. The second kappa shape index (κ2) is 7.01. The number of hydrogen-bond acceptors (Lipinski definition) is 4. The largest absolute Gasteiger partial charge is 0.314 e. The van der Waals surface area contributed by atoms with Crippen LogP contribution >= 0.6 is 11.3 Å². The van der Waals surface area contributed by atoms with Crippen molar-refractivity contribution in [2.24, 2.45) is 0 Å². The van der Waals surface area contributed by atoms with Crippen molar-refractivity contribution in [3.8, 4) is 0 Å². The van der Waals surface area contributed by atoms with Crippen molar-refractivity contribution in [3.05, 3.63) is 16.6 Å². The van der Waals surface area contributed by atoms with Gasteiger partial charge < -0.3 is 5.32 Å². The highest BCUT2D eigenvalue weighted by Crippen LogP contribution is 2.34. The predicted molar refractivity (Wildman–Crippen MR) is 85.3 cm³/mol. The Morgan fingerprint density at radius 3 is 2.80 bits per heavy atom. The van der Waals surface area contributed by atoms with Crippen LogP contribution in [-0.2, 0) is 6.42 Å². The van der Waals surface area contributed by atoms with Gasteiger partial charge in [0, 0.05) is 42.7 Å². The van der Waals surface area contributed by atoms with Crippen LogP contribution in [-0.4, -0.2) is 41.1 Å². The van der Waals surface area contributed by atoms with Crippen LogP contribution in [0.15, 0.2) is 11.6 Å². The first-order valence-electron chi connectivity index (χ1n) is 8.24. The molecule has 0 radical (unpaired) electrons. The Morgan fingerprint density at radius 2 is 2.15 bits per heavy atom. The summed E-state index contributed by atoms with van der Waals surface area (Å²) in [6, 6.07) is 2.40. The second-order valence-corrected chi connectivity index (χ2v) is 7.25. The molecule has 2 fully saturated rings. The lowest BCUT2D eigenvalue weighted by Gasteiger charge is -2.49. The van der Waals surface area contributed by atoms with Crippen LogP contribution in [0, 0.1) is 0 Å². The van der Waals surface area contributed by atoms with E-state index < -0.39 is 0 Å². The molecule has 0 amide bonds. The maximum absolute atomic E-state index is 4.43. The lowest BCUT2D eigenvalue weighted by Crippen LogP contribution is -2.56. The lowest BCUT2D eigenvalue weighted by molar-refractivity contribution is 0.0257. The van der Waals surface area contributed by atoms with Gasteiger partial charge in [0.2, 0.25) is 0 Å². The highest BCUT2D eigenvalue weighted by molar-refractivity contribution is 7.09. The number of thiazole rings is 1. The summed E-state index contributed by atoms with van der Waals surface area (Å²) in [6.45, 7) is 4.66. The molecular weight excluding hydrogens is 266 g/mol. The van der Waals surface area contributed by atoms with Gasteiger partial charge in [-0.15, -0.1) is 11.3 Å². The number of piperidine rings is 2. The van der Waals surface area contributed by atoms with Crippen molar-refractivity contribution in [1.29, 1.82) is 0 Å². The summed E-state index contributed by atoms with van der Waals surface area (Å²) in [5.41, 5.74) is 0. The molecule has 4 heteroatoms. The monoisotopic (exact) mass is 293 g/mol. The SMILES string of the molecule is CCCNC1CC2CCCC(C1)N2CCc1nccs1. The second-order valence-electron chi connectivity index (χ2n) is 6.27. The predicted octanol–water partition coefficient (Wildman–Crippen LogP) is 3.07. The Labute approximate surface area is 126 Å². The Hall–Kier alpha value is -0.450. The molecule has 112 valence electrons. The summed E-state index contributed by atoms with van der Waals surface area (Å²) in [5, 5.41) is 7.15. The third-order valence-corrected chi connectivity index (χ3v) is 5.72. The van der Waals surface area contributed by atoms with Crippen LogP contribution < -0.4 is 5.32 Å². The summed E-state index contributed by atoms with van der Waals surface area (Å²) < 4.78 is 0. The molecule has 1 N–H and O–H groups in total. The van der Waals surface area contributed by atoms with E-state index in [1.54, 1.807) is 11.3 Å². The third kappa shape index (κ3) is 3.41. The fourth-order valence-corrected chi connectivity index (χ4v) is 4.57. The zero-order valence-corrected chi connectivity index (χ0v) is 13.4. The summed E-state index contributed by atoms with van der Waals surface area (Å²) >= 11 is 1.80. The number of aromatic nitrogens is 1. The average molecular weight is 293 g/mol. The van der Waals surface area contributed by atoms with Crippen molar-refractivity contribution in [3.63, 3.8) is 0 Å². The van der Waals surface area contributed by atoms with E-state index in [2.05, 4.69) is 27.5 Å². The van der Waals surface area contributed by atoms with Crippen LogP contribution in [0.3, 0.4) is 0 Å². The molecular formula is C16H27N3S. The molecule has 1 aromatic rings. The van der Waals surface area contributed by atoms with Gasteiger partial charge in [-0.05, 0) is 38.6 Å². The van der Waals surface area contributed by atoms with Gasteiger partial charge >= 0.3 is 0 Å². The maximum atomic E-state index is 4.43. The summed E-state index contributed by atoms with van der Waals surface area (Å²) in [5.74, 6) is 0. The van der Waals surface area contributed by atoms with Crippen LogP contribution in [0.1, 0.15) is 50.5 Å². The van der Waals surface area contributed by atoms with E-state index >= 15 is 0 Å². The topological polar surface area (TPSA) is 28.2 Å². The summed E-state index contributed by atoms with van der Waals surface area (Å²) in [6.07, 6.45) is 11.3. The number of hydrogen-bond donors (Lipinski definition) is 1. The molecule has 2 bridgehead atoms. The molecule has 0 saturated carbocycles. The molecule has 1 aromatic heterocycles. The zero-order valence-electron chi connectivity index (χ0n) is 12.6. The van der Waals surface area contributed by atoms with Crippen molar-refractivity contribution in [2.75, 3.05) is 13.1 Å². The van der Waals surface area contributed by atoms with Crippen LogP contribution in [0.4, 0.5) is 0 Å². The van der Waals surface area contributed by atoms with Crippen LogP contribution in [0.25, 0.3) is 0 Å². The van der Waals surface area contributed by atoms with Gasteiger partial charge in [0.15, 0.2) is 0 Å². The first-order chi connectivity index (χ1) is 9.86. The van der Waals surface area contributed by atoms with Gasteiger partial charge in [-0.25, -0.2) is 4.98 Å². The van der Waals surface area contributed by atoms with E-state index in [1.165, 1.54) is 56.6 Å². The molecule has 0 aromatic carbocycles. The summed E-state index contributed by atoms with van der Waals surface area (Å²) in [7, 11) is 0. The van der Waals surface area contributed by atoms with Crippen molar-refractivity contribution in [2.45, 2.75) is 70.0 Å². The maximum Gasteiger partial charge on any atom is 0.0937 e. The molecule has 3 heterocycles. The first-order valence-corrected chi connectivity index (χ1v) is 9.12. The number of rotatable bonds is 6. The van der Waals surface area contributed by atoms with E-state index in [4.69, 9.17) is 0 Å². The average Bonchev–Trinajstić information content (AvgIpc) is 2.95. The van der Waals surface area contributed by atoms with E-state index in [0.717, 1.165) is 24.5 Å². The normalized spacial score (nSPS) is 30.6. The quantitative estimate of drug-likeness (QED) is 0.873. The van der Waals surface area contributed by atoms with Gasteiger partial charge in [-0.1, -0.05) is 13.3 Å². The Kier molecular flexibility index (Phi) is 5.08. The van der Waals surface area contributed by atoms with Gasteiger partial charge in [-0.2, -0.15) is 0 Å². The van der Waals surface area contributed by atoms with E-state index in [-0.39, 0.29) is 0 Å². The van der Waals surface area contributed by atoms with Gasteiger partial charge in [-0.3, -0.25) is 4.90 Å². The molecule has 20 heavy (non-hydrogen) atoms. The number of nitrogens with zero attached hydrogens (tertiary/aromatic N) is 2. The standard InChI is InChI=1S/C16H27N3S/c1-2-7-17-13-11-14-4-3-5-15(12-13)19(14)9-6-16-18-8-10-20-16/h8,10,13-15,17H,2-7,9,11-12H2,1H3. The molecule has 3 rings (SSSR count). The molecule has 0 spiro atoms. The van der Waals surface area contributed by atoms with E-state index in [9.17, 15) is 0 Å². The van der Waals surface area contributed by atoms with Crippen molar-refractivity contribution in [1.82, 2.24) is 15.2 Å². The molecule has 2 unspecified atom stereocenters. The minimum atomic E-state index is 0.765. The molecule has 3 nitrogen and oxygen atoms in total. The van der Waals surface area contributed by atoms with Gasteiger partial charge in [0.05, 0.1) is 5.01 Å². The highest BCUT2D eigenvalue weighted by atomic mass is 32.1. The third-order valence-electron chi connectivity index (χ3n) is 4.88. The first kappa shape index (κ1) is 14.5. The number of nitrogens with one attached hydrogen (secondary N) is 1. The van der Waals surface area contributed by atoms with Crippen molar-refractivity contribution >= 4 is 11.3 Å². The lowest BCUT2D eigenvalue weighted by atomic mass is 9.81. The van der Waals surface area contributed by atoms with Crippen molar-refractivity contribution < 1.29 is 0 Å². The fraction of sp³-hybridized carbons (Fsp3) is 0.812. The molecule has 0 aliphatic carbocycles. The molecule has 2 atom stereocenters. The molecule has 2 aliphatic heterocycles. The number of fused-ring (bicyclic) bond motifs is 2. The minimum absolute atomic E-state index is 0.765. The Balaban J connectivity index is 1.55. The smallest absolute Gasteiger partial charge is 0.0937 e.